The van der Waals surface area contributed by atoms with Crippen LogP contribution in [-0.4, -0.2) is 18.2 Å². The largest absolute Gasteiger partial charge is 0.491 e. The summed E-state index contributed by atoms with van der Waals surface area (Å²) in [5.74, 6) is 0.558. The van der Waals surface area contributed by atoms with Crippen molar-refractivity contribution < 1.29 is 9.53 Å². The summed E-state index contributed by atoms with van der Waals surface area (Å²) in [6.07, 6.45) is 1.73. The fourth-order valence-electron chi connectivity index (χ4n) is 1.76. The minimum atomic E-state index is -0.252. The van der Waals surface area contributed by atoms with Crippen molar-refractivity contribution in [2.75, 3.05) is 0 Å². The van der Waals surface area contributed by atoms with Gasteiger partial charge in [0.2, 0.25) is 0 Å². The zero-order valence-corrected chi connectivity index (χ0v) is 14.0. The summed E-state index contributed by atoms with van der Waals surface area (Å²) in [5.41, 5.74) is 3.93. The van der Waals surface area contributed by atoms with Crippen LogP contribution >= 0.6 is 15.9 Å². The molecule has 0 saturated heterocycles. The maximum Gasteiger partial charge on any atom is 0.271 e. The standard InChI is InChI=1S/C17H17BrN2O2/c1-12(2)22-16-8-6-13(7-9-16)11-19-20-17(21)14-4-3-5-15(18)10-14/h3-12H,1-2H3,(H,20,21)/b19-11-. The van der Waals surface area contributed by atoms with Crippen LogP contribution in [0.1, 0.15) is 29.8 Å². The highest BCUT2D eigenvalue weighted by Gasteiger charge is 2.03. The van der Waals surface area contributed by atoms with Crippen molar-refractivity contribution >= 4 is 28.1 Å². The van der Waals surface area contributed by atoms with Gasteiger partial charge in [-0.1, -0.05) is 22.0 Å². The minimum absolute atomic E-state index is 0.143. The molecule has 114 valence electrons. The van der Waals surface area contributed by atoms with Gasteiger partial charge in [-0.05, 0) is 61.9 Å². The number of hydrogen-bond acceptors (Lipinski definition) is 3. The first-order chi connectivity index (χ1) is 10.5. The van der Waals surface area contributed by atoms with Crippen LogP contribution in [0.25, 0.3) is 0 Å². The Hall–Kier alpha value is -2.14. The Bertz CT molecular complexity index is 667. The first-order valence-corrected chi connectivity index (χ1v) is 7.69. The molecule has 0 radical (unpaired) electrons. The Balaban J connectivity index is 1.93. The first kappa shape index (κ1) is 16.2. The molecule has 0 unspecified atom stereocenters. The Morgan fingerprint density at radius 1 is 1.23 bits per heavy atom. The second kappa shape index (κ2) is 7.75. The van der Waals surface area contributed by atoms with Crippen molar-refractivity contribution in [1.29, 1.82) is 0 Å². The zero-order valence-electron chi connectivity index (χ0n) is 12.4. The van der Waals surface area contributed by atoms with Gasteiger partial charge in [0.05, 0.1) is 12.3 Å². The summed E-state index contributed by atoms with van der Waals surface area (Å²) in [5, 5.41) is 3.96. The number of halogens is 1. The number of amides is 1. The van der Waals surface area contributed by atoms with Crippen LogP contribution in [0.5, 0.6) is 5.75 Å². The third-order valence-electron chi connectivity index (χ3n) is 2.72. The molecule has 4 nitrogen and oxygen atoms in total. The summed E-state index contributed by atoms with van der Waals surface area (Å²) < 4.78 is 6.41. The highest BCUT2D eigenvalue weighted by molar-refractivity contribution is 9.10. The van der Waals surface area contributed by atoms with E-state index in [1.165, 1.54) is 0 Å². The predicted molar refractivity (Wildman–Crippen MR) is 91.4 cm³/mol. The van der Waals surface area contributed by atoms with E-state index in [1.54, 1.807) is 24.4 Å². The number of nitrogens with one attached hydrogen (secondary N) is 1. The fraction of sp³-hybridized carbons (Fsp3) is 0.176. The number of hydrogen-bond donors (Lipinski definition) is 1. The number of nitrogens with zero attached hydrogens (tertiary/aromatic N) is 1. The molecule has 0 aromatic heterocycles. The molecule has 1 N–H and O–H groups in total. The summed E-state index contributed by atoms with van der Waals surface area (Å²) >= 11 is 3.33. The van der Waals surface area contributed by atoms with Gasteiger partial charge in [-0.25, -0.2) is 5.43 Å². The normalized spacial score (nSPS) is 10.9. The molecule has 0 aliphatic carbocycles. The number of ether oxygens (including phenoxy) is 1. The van der Waals surface area contributed by atoms with Gasteiger partial charge in [0.25, 0.3) is 5.91 Å². The lowest BCUT2D eigenvalue weighted by Gasteiger charge is -2.09. The van der Waals surface area contributed by atoms with Crippen LogP contribution in [-0.2, 0) is 0 Å². The first-order valence-electron chi connectivity index (χ1n) is 6.90. The van der Waals surface area contributed by atoms with Crippen molar-refractivity contribution in [3.05, 3.63) is 64.1 Å². The molecule has 0 bridgehead atoms. The Kier molecular flexibility index (Phi) is 5.72. The Morgan fingerprint density at radius 2 is 1.95 bits per heavy atom. The van der Waals surface area contributed by atoms with Gasteiger partial charge in [0, 0.05) is 10.0 Å². The van der Waals surface area contributed by atoms with Crippen molar-refractivity contribution in [1.82, 2.24) is 5.43 Å². The Morgan fingerprint density at radius 3 is 2.59 bits per heavy atom. The fourth-order valence-corrected chi connectivity index (χ4v) is 2.16. The maximum absolute atomic E-state index is 11.9. The second-order valence-electron chi connectivity index (χ2n) is 4.95. The maximum atomic E-state index is 11.9. The predicted octanol–water partition coefficient (Wildman–Crippen LogP) is 4.00. The Labute approximate surface area is 138 Å². The second-order valence-corrected chi connectivity index (χ2v) is 5.86. The molecule has 5 heteroatoms. The zero-order chi connectivity index (χ0) is 15.9. The van der Waals surface area contributed by atoms with Crippen LogP contribution < -0.4 is 10.2 Å². The number of hydrazone groups is 1. The molecular formula is C17H17BrN2O2. The smallest absolute Gasteiger partial charge is 0.271 e. The minimum Gasteiger partial charge on any atom is -0.491 e. The molecule has 0 heterocycles. The third kappa shape index (κ3) is 5.00. The van der Waals surface area contributed by atoms with Gasteiger partial charge in [-0.3, -0.25) is 4.79 Å². The van der Waals surface area contributed by atoms with E-state index in [1.807, 2.05) is 44.2 Å². The van der Waals surface area contributed by atoms with E-state index in [4.69, 9.17) is 4.74 Å². The third-order valence-corrected chi connectivity index (χ3v) is 3.21. The molecule has 0 fully saturated rings. The van der Waals surface area contributed by atoms with Crippen LogP contribution in [0, 0.1) is 0 Å². The molecule has 0 aliphatic rings. The molecule has 2 aromatic rings. The molecule has 0 atom stereocenters. The van der Waals surface area contributed by atoms with Gasteiger partial charge >= 0.3 is 0 Å². The van der Waals surface area contributed by atoms with Crippen molar-refractivity contribution in [2.45, 2.75) is 20.0 Å². The SMILES string of the molecule is CC(C)Oc1ccc(/C=N\NC(=O)c2cccc(Br)c2)cc1. The highest BCUT2D eigenvalue weighted by Crippen LogP contribution is 2.13. The molecule has 22 heavy (non-hydrogen) atoms. The molecule has 0 saturated carbocycles. The number of benzene rings is 2. The number of carbonyl (C=O) groups excluding carboxylic acids is 1. The van der Waals surface area contributed by atoms with Gasteiger partial charge in [0.15, 0.2) is 0 Å². The van der Waals surface area contributed by atoms with E-state index in [0.29, 0.717) is 5.56 Å². The molecule has 0 aliphatic heterocycles. The summed E-state index contributed by atoms with van der Waals surface area (Å²) in [4.78, 5) is 11.9. The summed E-state index contributed by atoms with van der Waals surface area (Å²) in [6.45, 7) is 3.96. The lowest BCUT2D eigenvalue weighted by Crippen LogP contribution is -2.17. The quantitative estimate of drug-likeness (QED) is 0.647. The molecule has 0 spiro atoms. The van der Waals surface area contributed by atoms with E-state index < -0.39 is 0 Å². The highest BCUT2D eigenvalue weighted by atomic mass is 79.9. The van der Waals surface area contributed by atoms with E-state index in [0.717, 1.165) is 15.8 Å². The van der Waals surface area contributed by atoms with Crippen molar-refractivity contribution in [3.8, 4) is 5.75 Å². The van der Waals surface area contributed by atoms with Crippen LogP contribution in [0.3, 0.4) is 0 Å². The van der Waals surface area contributed by atoms with Gasteiger partial charge < -0.3 is 4.74 Å². The lowest BCUT2D eigenvalue weighted by molar-refractivity contribution is 0.0955. The molecule has 2 rings (SSSR count). The van der Waals surface area contributed by atoms with Gasteiger partial charge in [0.1, 0.15) is 5.75 Å². The van der Waals surface area contributed by atoms with E-state index in [-0.39, 0.29) is 12.0 Å². The van der Waals surface area contributed by atoms with Gasteiger partial charge in [-0.15, -0.1) is 0 Å². The molecule has 2 aromatic carbocycles. The lowest BCUT2D eigenvalue weighted by atomic mass is 10.2. The number of rotatable bonds is 5. The number of carbonyl (C=O) groups is 1. The van der Waals surface area contributed by atoms with Crippen LogP contribution in [0.2, 0.25) is 0 Å². The average molecular weight is 361 g/mol. The van der Waals surface area contributed by atoms with E-state index in [2.05, 4.69) is 26.5 Å². The average Bonchev–Trinajstić information content (AvgIpc) is 2.48. The summed E-state index contributed by atoms with van der Waals surface area (Å²) in [7, 11) is 0. The monoisotopic (exact) mass is 360 g/mol. The molecular weight excluding hydrogens is 344 g/mol. The van der Waals surface area contributed by atoms with Gasteiger partial charge in [-0.2, -0.15) is 5.10 Å². The van der Waals surface area contributed by atoms with E-state index >= 15 is 0 Å². The van der Waals surface area contributed by atoms with Crippen molar-refractivity contribution in [3.63, 3.8) is 0 Å². The van der Waals surface area contributed by atoms with Crippen molar-refractivity contribution in [2.24, 2.45) is 5.10 Å². The van der Waals surface area contributed by atoms with E-state index in [9.17, 15) is 4.79 Å². The summed E-state index contributed by atoms with van der Waals surface area (Å²) in [6, 6.07) is 14.6. The molecule has 1 amide bonds. The van der Waals surface area contributed by atoms with Crippen LogP contribution in [0.15, 0.2) is 58.1 Å². The topological polar surface area (TPSA) is 50.7 Å². The van der Waals surface area contributed by atoms with Crippen LogP contribution in [0.4, 0.5) is 0 Å².